The zero-order chi connectivity index (χ0) is 16.5. The normalized spacial score (nSPS) is 10.7. The number of aromatic nitrogens is 3. The van der Waals surface area contributed by atoms with Crippen LogP contribution in [0.4, 0.5) is 11.5 Å². The first kappa shape index (κ1) is 14.0. The molecule has 4 aromatic rings. The van der Waals surface area contributed by atoms with Gasteiger partial charge in [0.15, 0.2) is 0 Å². The molecular weight excluding hydrogens is 302 g/mol. The Balaban J connectivity index is 1.78. The maximum Gasteiger partial charge on any atom is 0.149 e. The number of methoxy groups -OCH3 is 1. The van der Waals surface area contributed by atoms with Gasteiger partial charge >= 0.3 is 0 Å². The van der Waals surface area contributed by atoms with Gasteiger partial charge in [0.25, 0.3) is 0 Å². The second kappa shape index (κ2) is 5.56. The first-order valence-corrected chi connectivity index (χ1v) is 7.36. The summed E-state index contributed by atoms with van der Waals surface area (Å²) in [6.07, 6.45) is 1.77. The monoisotopic (exact) mass is 315 g/mol. The average Bonchev–Trinajstić information content (AvgIpc) is 3.08. The summed E-state index contributed by atoms with van der Waals surface area (Å²) in [5.74, 6) is 1.26. The van der Waals surface area contributed by atoms with E-state index in [-0.39, 0.29) is 0 Å². The van der Waals surface area contributed by atoms with Crippen molar-refractivity contribution in [2.24, 2.45) is 0 Å². The molecule has 0 saturated carbocycles. The Bertz CT molecular complexity index is 1090. The van der Waals surface area contributed by atoms with Crippen LogP contribution in [0.1, 0.15) is 5.56 Å². The number of nitrogens with zero attached hydrogens (tertiary/aromatic N) is 3. The summed E-state index contributed by atoms with van der Waals surface area (Å²) in [5, 5.41) is 21.5. The van der Waals surface area contributed by atoms with E-state index in [2.05, 4.69) is 26.6 Å². The Morgan fingerprint density at radius 3 is 2.88 bits per heavy atom. The van der Waals surface area contributed by atoms with Crippen LogP contribution in [-0.2, 0) is 0 Å². The molecule has 4 rings (SSSR count). The zero-order valence-electron chi connectivity index (χ0n) is 12.9. The molecule has 2 N–H and O–H groups in total. The smallest absolute Gasteiger partial charge is 0.149 e. The van der Waals surface area contributed by atoms with Gasteiger partial charge in [0.1, 0.15) is 17.6 Å². The minimum atomic E-state index is 0.473. The highest BCUT2D eigenvalue weighted by molar-refractivity contribution is 5.86. The number of nitrogens with one attached hydrogen (secondary N) is 2. The van der Waals surface area contributed by atoms with Crippen molar-refractivity contribution in [2.45, 2.75) is 0 Å². The fourth-order valence-electron chi connectivity index (χ4n) is 2.61. The van der Waals surface area contributed by atoms with Crippen LogP contribution < -0.4 is 10.1 Å². The summed E-state index contributed by atoms with van der Waals surface area (Å²) in [6.45, 7) is 0. The standard InChI is InChI=1S/C18H13N5O/c1-24-15-4-5-16-12(7-15)6-13(9-19)18(22-16)21-14-3-2-11-10-20-23-17(11)8-14/h2-8,10H,1H3,(H,20,23)(H,21,22). The number of fused-ring (bicyclic) bond motifs is 2. The van der Waals surface area contributed by atoms with Crippen LogP contribution in [0.25, 0.3) is 21.8 Å². The van der Waals surface area contributed by atoms with Crippen LogP contribution in [0.2, 0.25) is 0 Å². The lowest BCUT2D eigenvalue weighted by molar-refractivity contribution is 0.415. The number of aromatic amines is 1. The summed E-state index contributed by atoms with van der Waals surface area (Å²) in [6, 6.07) is 15.4. The minimum absolute atomic E-state index is 0.473. The SMILES string of the molecule is COc1ccc2nc(Nc3ccc4cn[nH]c4c3)c(C#N)cc2c1. The molecule has 0 spiro atoms. The van der Waals surface area contributed by atoms with Gasteiger partial charge in [0.05, 0.1) is 29.9 Å². The molecule has 0 saturated heterocycles. The van der Waals surface area contributed by atoms with Gasteiger partial charge in [-0.15, -0.1) is 0 Å². The van der Waals surface area contributed by atoms with Gasteiger partial charge in [0.2, 0.25) is 0 Å². The van der Waals surface area contributed by atoms with Crippen LogP contribution in [-0.4, -0.2) is 22.3 Å². The largest absolute Gasteiger partial charge is 0.497 e. The lowest BCUT2D eigenvalue weighted by Crippen LogP contribution is -1.98. The Morgan fingerprint density at radius 1 is 1.12 bits per heavy atom. The molecule has 0 aliphatic carbocycles. The highest BCUT2D eigenvalue weighted by Crippen LogP contribution is 2.27. The van der Waals surface area contributed by atoms with Crippen molar-refractivity contribution in [1.29, 1.82) is 5.26 Å². The molecule has 116 valence electrons. The van der Waals surface area contributed by atoms with Crippen molar-refractivity contribution < 1.29 is 4.74 Å². The van der Waals surface area contributed by atoms with Gasteiger partial charge < -0.3 is 10.1 Å². The van der Waals surface area contributed by atoms with Gasteiger partial charge in [-0.3, -0.25) is 5.10 Å². The Labute approximate surface area is 137 Å². The molecule has 2 aromatic heterocycles. The van der Waals surface area contributed by atoms with Crippen molar-refractivity contribution in [3.05, 3.63) is 54.2 Å². The van der Waals surface area contributed by atoms with E-state index in [0.29, 0.717) is 11.4 Å². The van der Waals surface area contributed by atoms with Gasteiger partial charge in [-0.05, 0) is 42.5 Å². The third-order valence-corrected chi connectivity index (χ3v) is 3.85. The van der Waals surface area contributed by atoms with E-state index in [9.17, 15) is 5.26 Å². The van der Waals surface area contributed by atoms with E-state index in [0.717, 1.165) is 33.2 Å². The molecule has 0 aliphatic heterocycles. The number of ether oxygens (including phenoxy) is 1. The van der Waals surface area contributed by atoms with Crippen LogP contribution in [0.15, 0.2) is 48.7 Å². The molecule has 24 heavy (non-hydrogen) atoms. The number of nitriles is 1. The summed E-state index contributed by atoms with van der Waals surface area (Å²) in [4.78, 5) is 4.57. The van der Waals surface area contributed by atoms with E-state index >= 15 is 0 Å². The summed E-state index contributed by atoms with van der Waals surface area (Å²) in [7, 11) is 1.61. The van der Waals surface area contributed by atoms with Gasteiger partial charge in [-0.1, -0.05) is 0 Å². The molecule has 2 heterocycles. The number of hydrogen-bond acceptors (Lipinski definition) is 5. The molecule has 0 amide bonds. The predicted octanol–water partition coefficient (Wildman–Crippen LogP) is 3.73. The van der Waals surface area contributed by atoms with Gasteiger partial charge in [-0.25, -0.2) is 4.98 Å². The maximum absolute atomic E-state index is 9.44. The van der Waals surface area contributed by atoms with Crippen LogP contribution in [0, 0.1) is 11.3 Å². The Morgan fingerprint density at radius 2 is 2.04 bits per heavy atom. The number of rotatable bonds is 3. The topological polar surface area (TPSA) is 86.6 Å². The van der Waals surface area contributed by atoms with E-state index in [1.54, 1.807) is 13.3 Å². The molecular formula is C18H13N5O. The quantitative estimate of drug-likeness (QED) is 0.601. The van der Waals surface area contributed by atoms with E-state index in [1.165, 1.54) is 0 Å². The number of H-pyrrole nitrogens is 1. The molecule has 6 nitrogen and oxygen atoms in total. The fourth-order valence-corrected chi connectivity index (χ4v) is 2.61. The van der Waals surface area contributed by atoms with Crippen LogP contribution in [0.3, 0.4) is 0 Å². The van der Waals surface area contributed by atoms with Crippen molar-refractivity contribution >= 4 is 33.3 Å². The average molecular weight is 315 g/mol. The lowest BCUT2D eigenvalue weighted by atomic mass is 10.1. The number of anilines is 2. The molecule has 2 aromatic carbocycles. The maximum atomic E-state index is 9.44. The van der Waals surface area contributed by atoms with Crippen molar-refractivity contribution in [3.8, 4) is 11.8 Å². The summed E-state index contributed by atoms with van der Waals surface area (Å²) >= 11 is 0. The second-order valence-corrected chi connectivity index (χ2v) is 5.35. The molecule has 0 bridgehead atoms. The minimum Gasteiger partial charge on any atom is -0.497 e. The van der Waals surface area contributed by atoms with Crippen LogP contribution in [0.5, 0.6) is 5.75 Å². The molecule has 0 radical (unpaired) electrons. The first-order chi connectivity index (χ1) is 11.8. The van der Waals surface area contributed by atoms with Gasteiger partial charge in [-0.2, -0.15) is 10.4 Å². The van der Waals surface area contributed by atoms with Crippen molar-refractivity contribution in [2.75, 3.05) is 12.4 Å². The highest BCUT2D eigenvalue weighted by atomic mass is 16.5. The number of benzene rings is 2. The van der Waals surface area contributed by atoms with E-state index in [4.69, 9.17) is 4.74 Å². The first-order valence-electron chi connectivity index (χ1n) is 7.36. The van der Waals surface area contributed by atoms with Crippen molar-refractivity contribution in [1.82, 2.24) is 15.2 Å². The van der Waals surface area contributed by atoms with Gasteiger partial charge in [0, 0.05) is 16.5 Å². The molecule has 0 aliphatic rings. The fraction of sp³-hybridized carbons (Fsp3) is 0.0556. The highest BCUT2D eigenvalue weighted by Gasteiger charge is 2.09. The number of hydrogen-bond donors (Lipinski definition) is 2. The molecule has 0 atom stereocenters. The molecule has 6 heteroatoms. The second-order valence-electron chi connectivity index (χ2n) is 5.35. The molecule has 0 unspecified atom stereocenters. The third-order valence-electron chi connectivity index (χ3n) is 3.85. The summed E-state index contributed by atoms with van der Waals surface area (Å²) < 4.78 is 5.22. The van der Waals surface area contributed by atoms with Crippen LogP contribution >= 0.6 is 0 Å². The lowest BCUT2D eigenvalue weighted by Gasteiger charge is -2.10. The van der Waals surface area contributed by atoms with Crippen molar-refractivity contribution in [3.63, 3.8) is 0 Å². The predicted molar refractivity (Wildman–Crippen MR) is 92.4 cm³/mol. The summed E-state index contributed by atoms with van der Waals surface area (Å²) in [5.41, 5.74) is 3.02. The van der Waals surface area contributed by atoms with E-state index in [1.807, 2.05) is 42.5 Å². The third kappa shape index (κ3) is 2.38. The Hall–Kier alpha value is -3.59. The molecule has 0 fully saturated rings. The Kier molecular flexibility index (Phi) is 3.25. The zero-order valence-corrected chi connectivity index (χ0v) is 12.9. The number of pyridine rings is 1. The van der Waals surface area contributed by atoms with E-state index < -0.39 is 0 Å².